The fraction of sp³-hybridized carbons (Fsp3) is 0.286. The van der Waals surface area contributed by atoms with E-state index >= 15 is 0 Å². The topological polar surface area (TPSA) is 93.0 Å². The molecule has 0 aliphatic carbocycles. The van der Waals surface area contributed by atoms with Gasteiger partial charge in [0, 0.05) is 24.3 Å². The molecular weight excluding hydrogens is 400 g/mol. The number of tetrazole rings is 1. The number of nitrogens with zero attached hydrogens (tertiary/aromatic N) is 5. The van der Waals surface area contributed by atoms with E-state index in [0.29, 0.717) is 23.8 Å². The van der Waals surface area contributed by atoms with Gasteiger partial charge in [-0.1, -0.05) is 36.0 Å². The molecule has 0 radical (unpaired) electrons. The fourth-order valence-corrected chi connectivity index (χ4v) is 4.23. The molecule has 9 heteroatoms. The number of aromatic nitrogens is 4. The van der Waals surface area contributed by atoms with Gasteiger partial charge in [-0.05, 0) is 60.0 Å². The Kier molecular flexibility index (Phi) is 5.80. The molecule has 1 aromatic heterocycles. The van der Waals surface area contributed by atoms with E-state index in [9.17, 15) is 9.59 Å². The van der Waals surface area contributed by atoms with Crippen LogP contribution in [0.5, 0.6) is 0 Å². The lowest BCUT2D eigenvalue weighted by Crippen LogP contribution is -2.23. The predicted octanol–water partition coefficient (Wildman–Crippen LogP) is 3.14. The molecule has 1 N–H and O–H groups in total. The van der Waals surface area contributed by atoms with Crippen LogP contribution in [0.3, 0.4) is 0 Å². The molecule has 0 saturated carbocycles. The number of amides is 2. The molecule has 154 valence electrons. The second-order valence-electron chi connectivity index (χ2n) is 7.15. The Bertz CT molecular complexity index is 1080. The fourth-order valence-electron chi connectivity index (χ4n) is 3.55. The van der Waals surface area contributed by atoms with Crippen molar-refractivity contribution in [3.63, 3.8) is 0 Å². The number of hydrogen-bond donors (Lipinski definition) is 1. The van der Waals surface area contributed by atoms with Crippen LogP contribution in [0.2, 0.25) is 0 Å². The summed E-state index contributed by atoms with van der Waals surface area (Å²) in [5, 5.41) is 15.4. The first kappa shape index (κ1) is 20.1. The first-order valence-electron chi connectivity index (χ1n) is 9.71. The summed E-state index contributed by atoms with van der Waals surface area (Å²) >= 11 is 1.27. The standard InChI is InChI=1S/C21H22N6O2S/c1-14-6-3-7-15(2)20(14)27-21(23-24-25-27)30-13-18(28)22-16-8-4-9-17(12-16)26-11-5-10-19(26)29/h3-4,6-9,12H,5,10-11,13H2,1-2H3,(H,22,28). The Balaban J connectivity index is 1.42. The molecule has 1 fully saturated rings. The van der Waals surface area contributed by atoms with Crippen LogP contribution in [0.15, 0.2) is 47.6 Å². The van der Waals surface area contributed by atoms with Crippen LogP contribution in [0.1, 0.15) is 24.0 Å². The molecule has 0 bridgehead atoms. The highest BCUT2D eigenvalue weighted by Gasteiger charge is 2.22. The highest BCUT2D eigenvalue weighted by atomic mass is 32.2. The van der Waals surface area contributed by atoms with Gasteiger partial charge in [-0.2, -0.15) is 4.68 Å². The van der Waals surface area contributed by atoms with Crippen molar-refractivity contribution in [3.05, 3.63) is 53.6 Å². The lowest BCUT2D eigenvalue weighted by Gasteiger charge is -2.16. The number of carbonyl (C=O) groups is 2. The molecule has 4 rings (SSSR count). The summed E-state index contributed by atoms with van der Waals surface area (Å²) < 4.78 is 1.67. The monoisotopic (exact) mass is 422 g/mol. The molecule has 2 aromatic carbocycles. The van der Waals surface area contributed by atoms with Crippen LogP contribution >= 0.6 is 11.8 Å². The van der Waals surface area contributed by atoms with Crippen molar-refractivity contribution in [1.29, 1.82) is 0 Å². The van der Waals surface area contributed by atoms with Crippen LogP contribution in [0.25, 0.3) is 5.69 Å². The van der Waals surface area contributed by atoms with Crippen molar-refractivity contribution in [2.24, 2.45) is 0 Å². The normalized spacial score (nSPS) is 13.7. The van der Waals surface area contributed by atoms with Crippen molar-refractivity contribution in [2.45, 2.75) is 31.8 Å². The van der Waals surface area contributed by atoms with Crippen molar-refractivity contribution < 1.29 is 9.59 Å². The quantitative estimate of drug-likeness (QED) is 0.614. The molecule has 1 aliphatic rings. The number of para-hydroxylation sites is 1. The van der Waals surface area contributed by atoms with Crippen LogP contribution < -0.4 is 10.2 Å². The van der Waals surface area contributed by atoms with Gasteiger partial charge in [-0.25, -0.2) is 0 Å². The van der Waals surface area contributed by atoms with Crippen molar-refractivity contribution >= 4 is 35.0 Å². The van der Waals surface area contributed by atoms with Crippen molar-refractivity contribution in [2.75, 3.05) is 22.5 Å². The average Bonchev–Trinajstić information content (AvgIpc) is 3.35. The van der Waals surface area contributed by atoms with Crippen LogP contribution in [-0.2, 0) is 9.59 Å². The Morgan fingerprint density at radius 3 is 2.67 bits per heavy atom. The minimum absolute atomic E-state index is 0.118. The first-order valence-corrected chi connectivity index (χ1v) is 10.7. The molecule has 2 heterocycles. The highest BCUT2D eigenvalue weighted by molar-refractivity contribution is 7.99. The van der Waals surface area contributed by atoms with E-state index in [1.165, 1.54) is 11.8 Å². The number of benzene rings is 2. The number of anilines is 2. The predicted molar refractivity (Wildman–Crippen MR) is 116 cm³/mol. The SMILES string of the molecule is Cc1cccc(C)c1-n1nnnc1SCC(=O)Nc1cccc(N2CCCC2=O)c1. The number of nitrogens with one attached hydrogen (secondary N) is 1. The molecule has 1 aliphatic heterocycles. The summed E-state index contributed by atoms with van der Waals surface area (Å²) in [6.45, 7) is 4.72. The number of rotatable bonds is 6. The Morgan fingerprint density at radius 1 is 1.17 bits per heavy atom. The average molecular weight is 423 g/mol. The second kappa shape index (κ2) is 8.66. The Labute approximate surface area is 178 Å². The maximum atomic E-state index is 12.5. The molecule has 30 heavy (non-hydrogen) atoms. The van der Waals surface area contributed by atoms with Gasteiger partial charge in [0.15, 0.2) is 0 Å². The third-order valence-corrected chi connectivity index (χ3v) is 5.86. The lowest BCUT2D eigenvalue weighted by molar-refractivity contribution is -0.117. The van der Waals surface area contributed by atoms with Gasteiger partial charge in [0.2, 0.25) is 17.0 Å². The number of thioether (sulfide) groups is 1. The molecule has 2 amide bonds. The third kappa shape index (κ3) is 4.20. The molecule has 0 atom stereocenters. The summed E-state index contributed by atoms with van der Waals surface area (Å²) in [6.07, 6.45) is 1.43. The smallest absolute Gasteiger partial charge is 0.234 e. The summed E-state index contributed by atoms with van der Waals surface area (Å²) in [5.74, 6) is 0.117. The highest BCUT2D eigenvalue weighted by Crippen LogP contribution is 2.26. The summed E-state index contributed by atoms with van der Waals surface area (Å²) in [5.41, 5.74) is 4.51. The van der Waals surface area contributed by atoms with E-state index in [1.807, 2.05) is 56.3 Å². The van der Waals surface area contributed by atoms with Crippen molar-refractivity contribution in [1.82, 2.24) is 20.2 Å². The van der Waals surface area contributed by atoms with E-state index in [-0.39, 0.29) is 17.6 Å². The molecule has 3 aromatic rings. The van der Waals surface area contributed by atoms with E-state index < -0.39 is 0 Å². The number of hydrogen-bond acceptors (Lipinski definition) is 6. The van der Waals surface area contributed by atoms with E-state index in [0.717, 1.165) is 28.9 Å². The van der Waals surface area contributed by atoms with E-state index in [1.54, 1.807) is 9.58 Å². The molecule has 0 unspecified atom stereocenters. The zero-order chi connectivity index (χ0) is 21.1. The molecule has 1 saturated heterocycles. The van der Waals surface area contributed by atoms with Gasteiger partial charge in [0.1, 0.15) is 0 Å². The van der Waals surface area contributed by atoms with Gasteiger partial charge in [0.25, 0.3) is 0 Å². The van der Waals surface area contributed by atoms with Crippen molar-refractivity contribution in [3.8, 4) is 5.69 Å². The minimum Gasteiger partial charge on any atom is -0.325 e. The van der Waals surface area contributed by atoms with E-state index in [2.05, 4.69) is 20.8 Å². The molecule has 8 nitrogen and oxygen atoms in total. The van der Waals surface area contributed by atoms with Crippen LogP contribution in [-0.4, -0.2) is 44.3 Å². The van der Waals surface area contributed by atoms with E-state index in [4.69, 9.17) is 0 Å². The van der Waals surface area contributed by atoms with Crippen LogP contribution in [0, 0.1) is 13.8 Å². The third-order valence-electron chi connectivity index (χ3n) is 4.94. The van der Waals surface area contributed by atoms with Gasteiger partial charge >= 0.3 is 0 Å². The first-order chi connectivity index (χ1) is 14.5. The van der Waals surface area contributed by atoms with Gasteiger partial charge in [-0.15, -0.1) is 5.10 Å². The minimum atomic E-state index is -0.166. The number of aryl methyl sites for hydroxylation is 2. The molecular formula is C21H22N6O2S. The Morgan fingerprint density at radius 2 is 1.93 bits per heavy atom. The Hall–Kier alpha value is -3.20. The summed E-state index contributed by atoms with van der Waals surface area (Å²) in [7, 11) is 0. The maximum Gasteiger partial charge on any atom is 0.234 e. The second-order valence-corrected chi connectivity index (χ2v) is 8.09. The summed E-state index contributed by atoms with van der Waals surface area (Å²) in [6, 6.07) is 13.4. The van der Waals surface area contributed by atoms with Gasteiger partial charge in [0.05, 0.1) is 11.4 Å². The van der Waals surface area contributed by atoms with Crippen LogP contribution in [0.4, 0.5) is 11.4 Å². The van der Waals surface area contributed by atoms with Gasteiger partial charge < -0.3 is 10.2 Å². The number of carbonyl (C=O) groups excluding carboxylic acids is 2. The zero-order valence-electron chi connectivity index (χ0n) is 16.8. The zero-order valence-corrected chi connectivity index (χ0v) is 17.6. The van der Waals surface area contributed by atoms with Gasteiger partial charge in [-0.3, -0.25) is 9.59 Å². The molecule has 0 spiro atoms. The summed E-state index contributed by atoms with van der Waals surface area (Å²) in [4.78, 5) is 26.2. The lowest BCUT2D eigenvalue weighted by atomic mass is 10.1. The maximum absolute atomic E-state index is 12.5. The largest absolute Gasteiger partial charge is 0.325 e.